The van der Waals surface area contributed by atoms with Crippen LogP contribution in [0.4, 0.5) is 5.69 Å². The van der Waals surface area contributed by atoms with Crippen LogP contribution in [0.2, 0.25) is 0 Å². The molecular weight excluding hydrogens is 252 g/mol. The topological polar surface area (TPSA) is 68.2 Å². The second-order valence-electron chi connectivity index (χ2n) is 4.94. The van der Waals surface area contributed by atoms with E-state index in [2.05, 4.69) is 16.7 Å². The van der Waals surface area contributed by atoms with Gasteiger partial charge in [0, 0.05) is 26.2 Å². The highest BCUT2D eigenvalue weighted by atomic mass is 16.2. The fourth-order valence-corrected chi connectivity index (χ4v) is 2.49. The van der Waals surface area contributed by atoms with Gasteiger partial charge in [-0.3, -0.25) is 4.79 Å². The number of carbonyl (C=O) groups excluding carboxylic acids is 1. The lowest BCUT2D eigenvalue weighted by Crippen LogP contribution is -2.58. The van der Waals surface area contributed by atoms with Gasteiger partial charge in [-0.2, -0.15) is 5.26 Å². The number of carbonyl (C=O) groups is 1. The average molecular weight is 272 g/mol. The van der Waals surface area contributed by atoms with Gasteiger partial charge in [0.2, 0.25) is 5.91 Å². The zero-order valence-electron chi connectivity index (χ0n) is 11.9. The number of nitrogens with one attached hydrogen (secondary N) is 2. The maximum atomic E-state index is 12.2. The summed E-state index contributed by atoms with van der Waals surface area (Å²) in [5, 5.41) is 15.4. The molecule has 106 valence electrons. The van der Waals surface area contributed by atoms with Gasteiger partial charge in [-0.1, -0.05) is 6.07 Å². The monoisotopic (exact) mass is 272 g/mol. The Labute approximate surface area is 119 Å². The first-order chi connectivity index (χ1) is 9.67. The van der Waals surface area contributed by atoms with Gasteiger partial charge < -0.3 is 15.5 Å². The summed E-state index contributed by atoms with van der Waals surface area (Å²) in [7, 11) is 0. The molecule has 1 aliphatic rings. The van der Waals surface area contributed by atoms with Gasteiger partial charge in [0.05, 0.1) is 11.3 Å². The van der Waals surface area contributed by atoms with Crippen molar-refractivity contribution in [2.24, 2.45) is 0 Å². The Balaban J connectivity index is 2.35. The van der Waals surface area contributed by atoms with Crippen molar-refractivity contribution in [3.05, 3.63) is 29.3 Å². The molecule has 0 aromatic heterocycles. The Bertz CT molecular complexity index is 535. The molecule has 5 heteroatoms. The van der Waals surface area contributed by atoms with Crippen LogP contribution in [0.15, 0.2) is 18.2 Å². The summed E-state index contributed by atoms with van der Waals surface area (Å²) in [4.78, 5) is 14.2. The average Bonchev–Trinajstić information content (AvgIpc) is 2.47. The van der Waals surface area contributed by atoms with Crippen molar-refractivity contribution < 1.29 is 4.79 Å². The van der Waals surface area contributed by atoms with Gasteiger partial charge in [-0.05, 0) is 31.5 Å². The number of anilines is 1. The molecule has 1 amide bonds. The molecular formula is C15H20N4O. The third-order valence-corrected chi connectivity index (χ3v) is 3.48. The quantitative estimate of drug-likeness (QED) is 0.853. The van der Waals surface area contributed by atoms with Gasteiger partial charge in [0.1, 0.15) is 12.1 Å². The van der Waals surface area contributed by atoms with Crippen molar-refractivity contribution in [1.29, 1.82) is 5.26 Å². The molecule has 1 aliphatic heterocycles. The number of benzene rings is 1. The van der Waals surface area contributed by atoms with Crippen LogP contribution in [0.25, 0.3) is 0 Å². The van der Waals surface area contributed by atoms with Crippen LogP contribution in [0.5, 0.6) is 0 Å². The van der Waals surface area contributed by atoms with Crippen molar-refractivity contribution in [2.45, 2.75) is 19.9 Å². The van der Waals surface area contributed by atoms with E-state index < -0.39 is 0 Å². The molecule has 2 N–H and O–H groups in total. The third-order valence-electron chi connectivity index (χ3n) is 3.48. The molecule has 5 nitrogen and oxygen atoms in total. The lowest BCUT2D eigenvalue weighted by atomic mass is 10.1. The van der Waals surface area contributed by atoms with E-state index >= 15 is 0 Å². The van der Waals surface area contributed by atoms with Gasteiger partial charge in [-0.15, -0.1) is 0 Å². The maximum Gasteiger partial charge on any atom is 0.244 e. The van der Waals surface area contributed by atoms with Gasteiger partial charge in [0.15, 0.2) is 0 Å². The summed E-state index contributed by atoms with van der Waals surface area (Å²) in [6, 6.07) is 7.68. The zero-order chi connectivity index (χ0) is 14.5. The molecule has 1 fully saturated rings. The van der Waals surface area contributed by atoms with E-state index in [1.165, 1.54) is 0 Å². The van der Waals surface area contributed by atoms with Crippen LogP contribution in [0, 0.1) is 18.3 Å². The molecule has 1 saturated heterocycles. The molecule has 2 rings (SSSR count). The predicted octanol–water partition coefficient (Wildman–Crippen LogP) is 0.781. The van der Waals surface area contributed by atoms with E-state index in [1.807, 2.05) is 36.9 Å². The Morgan fingerprint density at radius 1 is 1.60 bits per heavy atom. The summed E-state index contributed by atoms with van der Waals surface area (Å²) < 4.78 is 0. The smallest absolute Gasteiger partial charge is 0.244 e. The molecule has 0 saturated carbocycles. The Kier molecular flexibility index (Phi) is 4.59. The summed E-state index contributed by atoms with van der Waals surface area (Å²) >= 11 is 0. The van der Waals surface area contributed by atoms with Crippen LogP contribution in [0.1, 0.15) is 18.1 Å². The SMILES string of the molecule is CCNC(=O)C1CNCCN1c1cc(C)ccc1C#N. The van der Waals surface area contributed by atoms with Crippen LogP contribution in [0.3, 0.4) is 0 Å². The largest absolute Gasteiger partial charge is 0.356 e. The maximum absolute atomic E-state index is 12.2. The van der Waals surface area contributed by atoms with E-state index in [1.54, 1.807) is 0 Å². The van der Waals surface area contributed by atoms with Crippen molar-refractivity contribution in [3.63, 3.8) is 0 Å². The molecule has 1 aromatic rings. The van der Waals surface area contributed by atoms with Crippen LogP contribution in [-0.4, -0.2) is 38.1 Å². The highest BCUT2D eigenvalue weighted by Crippen LogP contribution is 2.24. The lowest BCUT2D eigenvalue weighted by molar-refractivity contribution is -0.122. The van der Waals surface area contributed by atoms with Crippen LogP contribution < -0.4 is 15.5 Å². The molecule has 20 heavy (non-hydrogen) atoms. The first kappa shape index (κ1) is 14.4. The van der Waals surface area contributed by atoms with E-state index in [-0.39, 0.29) is 11.9 Å². The Morgan fingerprint density at radius 3 is 3.10 bits per heavy atom. The second-order valence-corrected chi connectivity index (χ2v) is 4.94. The Hall–Kier alpha value is -2.06. The molecule has 1 atom stereocenters. The number of aryl methyl sites for hydroxylation is 1. The fourth-order valence-electron chi connectivity index (χ4n) is 2.49. The minimum Gasteiger partial charge on any atom is -0.356 e. The van der Waals surface area contributed by atoms with E-state index in [4.69, 9.17) is 0 Å². The first-order valence-electron chi connectivity index (χ1n) is 6.93. The van der Waals surface area contributed by atoms with Crippen molar-refractivity contribution in [2.75, 3.05) is 31.1 Å². The number of nitriles is 1. The molecule has 0 radical (unpaired) electrons. The molecule has 1 unspecified atom stereocenters. The van der Waals surface area contributed by atoms with Gasteiger partial charge >= 0.3 is 0 Å². The van der Waals surface area contributed by atoms with E-state index in [0.29, 0.717) is 18.7 Å². The first-order valence-corrected chi connectivity index (χ1v) is 6.93. The number of hydrogen-bond donors (Lipinski definition) is 2. The number of likely N-dealkylation sites (N-methyl/N-ethyl adjacent to an activating group) is 1. The summed E-state index contributed by atoms with van der Waals surface area (Å²) in [6.07, 6.45) is 0. The highest BCUT2D eigenvalue weighted by Gasteiger charge is 2.29. The number of amides is 1. The summed E-state index contributed by atoms with van der Waals surface area (Å²) in [6.45, 7) is 6.65. The van der Waals surface area contributed by atoms with Crippen LogP contribution in [-0.2, 0) is 4.79 Å². The molecule has 1 heterocycles. The molecule has 0 aliphatic carbocycles. The highest BCUT2D eigenvalue weighted by molar-refractivity contribution is 5.86. The number of rotatable bonds is 3. The molecule has 1 aromatic carbocycles. The van der Waals surface area contributed by atoms with Gasteiger partial charge in [0.25, 0.3) is 0 Å². The third kappa shape index (κ3) is 2.91. The fraction of sp³-hybridized carbons (Fsp3) is 0.467. The summed E-state index contributed by atoms with van der Waals surface area (Å²) in [5.41, 5.74) is 2.56. The minimum absolute atomic E-state index is 0.00472. The van der Waals surface area contributed by atoms with Crippen molar-refractivity contribution >= 4 is 11.6 Å². The molecule has 0 spiro atoms. The number of piperazine rings is 1. The van der Waals surface area contributed by atoms with Crippen molar-refractivity contribution in [1.82, 2.24) is 10.6 Å². The minimum atomic E-state index is -0.266. The number of hydrogen-bond acceptors (Lipinski definition) is 4. The van der Waals surface area contributed by atoms with Crippen LogP contribution >= 0.6 is 0 Å². The standard InChI is InChI=1S/C15H20N4O/c1-3-18-15(20)14-10-17-6-7-19(14)13-8-11(2)4-5-12(13)9-16/h4-5,8,14,17H,3,6-7,10H2,1-2H3,(H,18,20). The summed E-state index contributed by atoms with van der Waals surface area (Å²) in [5.74, 6) is 0.00472. The molecule has 0 bridgehead atoms. The second kappa shape index (κ2) is 6.40. The number of nitrogens with zero attached hydrogens (tertiary/aromatic N) is 2. The lowest BCUT2D eigenvalue weighted by Gasteiger charge is -2.37. The predicted molar refractivity (Wildman–Crippen MR) is 78.6 cm³/mol. The normalized spacial score (nSPS) is 18.4. The zero-order valence-corrected chi connectivity index (χ0v) is 11.9. The Morgan fingerprint density at radius 2 is 2.40 bits per heavy atom. The van der Waals surface area contributed by atoms with E-state index in [0.717, 1.165) is 24.3 Å². The van der Waals surface area contributed by atoms with Gasteiger partial charge in [-0.25, -0.2) is 0 Å². The van der Waals surface area contributed by atoms with E-state index in [9.17, 15) is 10.1 Å². The van der Waals surface area contributed by atoms with Crippen molar-refractivity contribution in [3.8, 4) is 6.07 Å².